The number of nitrogens with zero attached hydrogens (tertiary/aromatic N) is 3. The molecule has 2 fully saturated rings. The second-order valence-corrected chi connectivity index (χ2v) is 3.73. The van der Waals surface area contributed by atoms with Crippen molar-refractivity contribution < 1.29 is 0 Å². The van der Waals surface area contributed by atoms with Gasteiger partial charge in [-0.25, -0.2) is 0 Å². The van der Waals surface area contributed by atoms with Crippen molar-refractivity contribution >= 4 is 0 Å². The van der Waals surface area contributed by atoms with Gasteiger partial charge in [-0.2, -0.15) is 15.0 Å². The highest BCUT2D eigenvalue weighted by molar-refractivity contribution is 5.03. The number of rotatable bonds is 2. The molecule has 2 heterocycles. The lowest BCUT2D eigenvalue weighted by Gasteiger charge is -2.02. The fourth-order valence-corrected chi connectivity index (χ4v) is 2.34. The minimum absolute atomic E-state index is 0.846. The van der Waals surface area contributed by atoms with Crippen molar-refractivity contribution in [2.24, 2.45) is 17.8 Å². The molecule has 0 unspecified atom stereocenters. The standard InChI is InChI=1S/C8H12N4/c1-2-11-12(10-1)5-8-6-3-9-4-7(6)8/h1-2,6-9H,3-5H2/t6-,7+,8+. The molecule has 0 radical (unpaired) electrons. The van der Waals surface area contributed by atoms with Crippen LogP contribution in [0.2, 0.25) is 0 Å². The maximum Gasteiger partial charge on any atom is 0.0693 e. The Labute approximate surface area is 71.0 Å². The highest BCUT2D eigenvalue weighted by atomic mass is 15.5. The van der Waals surface area contributed by atoms with E-state index in [1.165, 1.54) is 13.1 Å². The largest absolute Gasteiger partial charge is 0.316 e. The van der Waals surface area contributed by atoms with Gasteiger partial charge in [-0.1, -0.05) is 0 Å². The van der Waals surface area contributed by atoms with Crippen LogP contribution in [0.3, 0.4) is 0 Å². The first-order valence-corrected chi connectivity index (χ1v) is 4.50. The van der Waals surface area contributed by atoms with Gasteiger partial charge in [0.05, 0.1) is 18.9 Å². The summed E-state index contributed by atoms with van der Waals surface area (Å²) in [5.74, 6) is 2.67. The summed E-state index contributed by atoms with van der Waals surface area (Å²) < 4.78 is 0. The Morgan fingerprint density at radius 3 is 2.58 bits per heavy atom. The van der Waals surface area contributed by atoms with Crippen LogP contribution >= 0.6 is 0 Å². The summed E-state index contributed by atoms with van der Waals surface area (Å²) in [7, 11) is 0. The van der Waals surface area contributed by atoms with Crippen LogP contribution in [-0.4, -0.2) is 28.1 Å². The van der Waals surface area contributed by atoms with Crippen LogP contribution in [0.5, 0.6) is 0 Å². The molecule has 1 saturated heterocycles. The van der Waals surface area contributed by atoms with Gasteiger partial charge in [0.1, 0.15) is 0 Å². The van der Waals surface area contributed by atoms with Crippen molar-refractivity contribution in [3.63, 3.8) is 0 Å². The first-order chi connectivity index (χ1) is 5.95. The third kappa shape index (κ3) is 0.876. The van der Waals surface area contributed by atoms with Crippen molar-refractivity contribution in [2.45, 2.75) is 6.54 Å². The molecule has 4 heteroatoms. The molecule has 1 aliphatic carbocycles. The van der Waals surface area contributed by atoms with E-state index in [4.69, 9.17) is 0 Å². The van der Waals surface area contributed by atoms with Crippen molar-refractivity contribution in [3.05, 3.63) is 12.4 Å². The third-order valence-electron chi connectivity index (χ3n) is 3.11. The summed E-state index contributed by atoms with van der Waals surface area (Å²) >= 11 is 0. The van der Waals surface area contributed by atoms with Crippen molar-refractivity contribution in [2.75, 3.05) is 13.1 Å². The van der Waals surface area contributed by atoms with Crippen molar-refractivity contribution in [1.82, 2.24) is 20.3 Å². The zero-order chi connectivity index (χ0) is 7.97. The lowest BCUT2D eigenvalue weighted by atomic mass is 10.3. The predicted molar refractivity (Wildman–Crippen MR) is 43.4 cm³/mol. The predicted octanol–water partition coefficient (Wildman–Crippen LogP) is -0.257. The van der Waals surface area contributed by atoms with Gasteiger partial charge < -0.3 is 5.32 Å². The van der Waals surface area contributed by atoms with E-state index in [0.717, 1.165) is 24.3 Å². The molecular formula is C8H12N4. The summed E-state index contributed by atoms with van der Waals surface area (Å²) in [6.45, 7) is 3.43. The van der Waals surface area contributed by atoms with Gasteiger partial charge in [0.2, 0.25) is 0 Å². The fourth-order valence-electron chi connectivity index (χ4n) is 2.34. The normalized spacial score (nSPS) is 38.2. The van der Waals surface area contributed by atoms with E-state index >= 15 is 0 Å². The van der Waals surface area contributed by atoms with E-state index in [9.17, 15) is 0 Å². The second-order valence-electron chi connectivity index (χ2n) is 3.73. The number of piperidine rings is 1. The van der Waals surface area contributed by atoms with Gasteiger partial charge in [0, 0.05) is 0 Å². The molecule has 3 atom stereocenters. The Morgan fingerprint density at radius 2 is 1.92 bits per heavy atom. The maximum absolute atomic E-state index is 4.11. The summed E-state index contributed by atoms with van der Waals surface area (Å²) in [5, 5.41) is 11.6. The zero-order valence-corrected chi connectivity index (χ0v) is 6.85. The first-order valence-electron chi connectivity index (χ1n) is 4.50. The van der Waals surface area contributed by atoms with Gasteiger partial charge in [-0.3, -0.25) is 0 Å². The molecule has 0 spiro atoms. The topological polar surface area (TPSA) is 42.7 Å². The molecule has 1 saturated carbocycles. The summed E-state index contributed by atoms with van der Waals surface area (Å²) in [5.41, 5.74) is 0. The number of aromatic nitrogens is 3. The van der Waals surface area contributed by atoms with E-state index in [1.807, 2.05) is 4.80 Å². The molecular weight excluding hydrogens is 152 g/mol. The SMILES string of the molecule is c1cnn(C[C@H]2[C@@H]3CNC[C@@H]32)n1. The Hall–Kier alpha value is -0.900. The van der Waals surface area contributed by atoms with E-state index in [-0.39, 0.29) is 0 Å². The van der Waals surface area contributed by atoms with E-state index in [0.29, 0.717) is 0 Å². The maximum atomic E-state index is 4.11. The Morgan fingerprint density at radius 1 is 1.25 bits per heavy atom. The van der Waals surface area contributed by atoms with Crippen molar-refractivity contribution in [1.29, 1.82) is 0 Å². The van der Waals surface area contributed by atoms with Gasteiger partial charge in [-0.15, -0.1) is 0 Å². The Bertz CT molecular complexity index is 259. The van der Waals surface area contributed by atoms with Gasteiger partial charge in [0.25, 0.3) is 0 Å². The Balaban J connectivity index is 1.65. The van der Waals surface area contributed by atoms with Crippen LogP contribution in [0.25, 0.3) is 0 Å². The number of hydrogen-bond donors (Lipinski definition) is 1. The van der Waals surface area contributed by atoms with Crippen LogP contribution in [0.1, 0.15) is 0 Å². The van der Waals surface area contributed by atoms with E-state index in [2.05, 4.69) is 15.5 Å². The summed E-state index contributed by atoms with van der Waals surface area (Å²) in [6.07, 6.45) is 3.49. The third-order valence-corrected chi connectivity index (χ3v) is 3.11. The molecule has 64 valence electrons. The molecule has 0 amide bonds. The lowest BCUT2D eigenvalue weighted by Crippen LogP contribution is -2.17. The van der Waals surface area contributed by atoms with Crippen LogP contribution in [0.15, 0.2) is 12.4 Å². The molecule has 1 aromatic rings. The average Bonchev–Trinajstić information content (AvgIpc) is 2.59. The molecule has 1 aliphatic heterocycles. The molecule has 1 N–H and O–H groups in total. The highest BCUT2D eigenvalue weighted by Gasteiger charge is 2.52. The molecule has 3 rings (SSSR count). The number of hydrogen-bond acceptors (Lipinski definition) is 3. The molecule has 0 aromatic carbocycles. The Kier molecular flexibility index (Phi) is 1.26. The zero-order valence-electron chi connectivity index (χ0n) is 6.85. The highest BCUT2D eigenvalue weighted by Crippen LogP contribution is 2.49. The molecule has 1 aromatic heterocycles. The average molecular weight is 164 g/mol. The first kappa shape index (κ1) is 6.60. The second kappa shape index (κ2) is 2.29. The molecule has 4 nitrogen and oxygen atoms in total. The molecule has 2 aliphatic rings. The van der Waals surface area contributed by atoms with Gasteiger partial charge in [-0.05, 0) is 30.8 Å². The van der Waals surface area contributed by atoms with Gasteiger partial charge >= 0.3 is 0 Å². The van der Waals surface area contributed by atoms with Crippen LogP contribution in [0, 0.1) is 17.8 Å². The van der Waals surface area contributed by atoms with E-state index in [1.54, 1.807) is 12.4 Å². The minimum atomic E-state index is 0.846. The van der Waals surface area contributed by atoms with E-state index < -0.39 is 0 Å². The lowest BCUT2D eigenvalue weighted by molar-refractivity contribution is 0.444. The quantitative estimate of drug-likeness (QED) is 0.655. The van der Waals surface area contributed by atoms with Crippen LogP contribution < -0.4 is 5.32 Å². The number of nitrogens with one attached hydrogen (secondary N) is 1. The summed E-state index contributed by atoms with van der Waals surface area (Å²) in [6, 6.07) is 0. The monoisotopic (exact) mass is 164 g/mol. The molecule has 12 heavy (non-hydrogen) atoms. The minimum Gasteiger partial charge on any atom is -0.316 e. The van der Waals surface area contributed by atoms with Crippen molar-refractivity contribution in [3.8, 4) is 0 Å². The smallest absolute Gasteiger partial charge is 0.0693 e. The summed E-state index contributed by atoms with van der Waals surface area (Å²) in [4.78, 5) is 1.81. The molecule has 0 bridgehead atoms. The van der Waals surface area contributed by atoms with Crippen LogP contribution in [-0.2, 0) is 6.54 Å². The van der Waals surface area contributed by atoms with Crippen LogP contribution in [0.4, 0.5) is 0 Å². The van der Waals surface area contributed by atoms with Gasteiger partial charge in [0.15, 0.2) is 0 Å². The fraction of sp³-hybridized carbons (Fsp3) is 0.750. The number of fused-ring (bicyclic) bond motifs is 1.